The minimum absolute atomic E-state index is 0.0817. The Morgan fingerprint density at radius 3 is 3.00 bits per heavy atom. The highest BCUT2D eigenvalue weighted by Gasteiger charge is 2.11. The molecular formula is C11H16N2OS. The highest BCUT2D eigenvalue weighted by Crippen LogP contribution is 2.14. The first kappa shape index (κ1) is 12.0. The van der Waals surface area contributed by atoms with E-state index < -0.39 is 0 Å². The van der Waals surface area contributed by atoms with Crippen molar-refractivity contribution in [1.29, 1.82) is 0 Å². The van der Waals surface area contributed by atoms with Crippen LogP contribution >= 0.6 is 11.8 Å². The second-order valence-electron chi connectivity index (χ2n) is 3.25. The Hall–Kier alpha value is -1.03. The van der Waals surface area contributed by atoms with Gasteiger partial charge >= 0.3 is 0 Å². The molecule has 0 saturated heterocycles. The van der Waals surface area contributed by atoms with Crippen LogP contribution in [0.2, 0.25) is 0 Å². The summed E-state index contributed by atoms with van der Waals surface area (Å²) in [5.74, 6) is 0.592. The van der Waals surface area contributed by atoms with Crippen LogP contribution in [0, 0.1) is 0 Å². The second-order valence-corrected chi connectivity index (χ2v) is 4.11. The van der Waals surface area contributed by atoms with Gasteiger partial charge in [-0.1, -0.05) is 13.0 Å². The number of pyridine rings is 1. The molecule has 1 aromatic heterocycles. The molecule has 0 aliphatic heterocycles. The van der Waals surface area contributed by atoms with E-state index in [-0.39, 0.29) is 11.9 Å². The van der Waals surface area contributed by atoms with Crippen LogP contribution in [0.4, 0.5) is 0 Å². The monoisotopic (exact) mass is 224 g/mol. The summed E-state index contributed by atoms with van der Waals surface area (Å²) in [5, 5.41) is 2.98. The Kier molecular flexibility index (Phi) is 5.18. The second kappa shape index (κ2) is 6.45. The quantitative estimate of drug-likeness (QED) is 0.832. The number of nitrogens with one attached hydrogen (secondary N) is 1. The summed E-state index contributed by atoms with van der Waals surface area (Å²) in [4.78, 5) is 15.5. The van der Waals surface area contributed by atoms with E-state index in [4.69, 9.17) is 0 Å². The molecule has 0 bridgehead atoms. The fraction of sp³-hybridized carbons (Fsp3) is 0.455. The van der Waals surface area contributed by atoms with Crippen LogP contribution in [0.15, 0.2) is 24.5 Å². The summed E-state index contributed by atoms with van der Waals surface area (Å²) in [5.41, 5.74) is 1.06. The lowest BCUT2D eigenvalue weighted by atomic mass is 10.1. The molecule has 1 N–H and O–H groups in total. The van der Waals surface area contributed by atoms with Gasteiger partial charge < -0.3 is 5.32 Å². The Morgan fingerprint density at radius 2 is 2.47 bits per heavy atom. The lowest BCUT2D eigenvalue weighted by molar-refractivity contribution is -0.119. The molecule has 4 heteroatoms. The summed E-state index contributed by atoms with van der Waals surface area (Å²) in [7, 11) is 0. The SMILES string of the molecule is CCC(NC(=O)CSC)c1cccnc1. The molecule has 3 nitrogen and oxygen atoms in total. The molecule has 1 aromatic rings. The average Bonchev–Trinajstić information content (AvgIpc) is 2.27. The highest BCUT2D eigenvalue weighted by atomic mass is 32.2. The number of carbonyl (C=O) groups is 1. The summed E-state index contributed by atoms with van der Waals surface area (Å²) in [6, 6.07) is 3.96. The van der Waals surface area contributed by atoms with Crippen molar-refractivity contribution in [2.75, 3.05) is 12.0 Å². The van der Waals surface area contributed by atoms with Crippen molar-refractivity contribution in [1.82, 2.24) is 10.3 Å². The largest absolute Gasteiger partial charge is 0.349 e. The molecule has 1 amide bonds. The number of aromatic nitrogens is 1. The molecule has 0 aliphatic carbocycles. The first-order valence-corrected chi connectivity index (χ1v) is 6.35. The van der Waals surface area contributed by atoms with Gasteiger partial charge in [-0.05, 0) is 24.3 Å². The smallest absolute Gasteiger partial charge is 0.230 e. The lowest BCUT2D eigenvalue weighted by Crippen LogP contribution is -2.29. The molecule has 0 spiro atoms. The number of amides is 1. The van der Waals surface area contributed by atoms with Crippen LogP contribution in [0.1, 0.15) is 24.9 Å². The predicted octanol–water partition coefficient (Wildman–Crippen LogP) is 2.01. The molecule has 1 atom stereocenters. The van der Waals surface area contributed by atoms with Gasteiger partial charge in [0, 0.05) is 12.4 Å². The normalized spacial score (nSPS) is 12.1. The maximum Gasteiger partial charge on any atom is 0.230 e. The van der Waals surface area contributed by atoms with Crippen LogP contribution in [-0.4, -0.2) is 22.9 Å². The van der Waals surface area contributed by atoms with E-state index >= 15 is 0 Å². The van der Waals surface area contributed by atoms with Crippen LogP contribution < -0.4 is 5.32 Å². The molecule has 0 aliphatic rings. The van der Waals surface area contributed by atoms with Crippen molar-refractivity contribution in [3.05, 3.63) is 30.1 Å². The Balaban J connectivity index is 2.61. The van der Waals surface area contributed by atoms with Gasteiger partial charge in [0.25, 0.3) is 0 Å². The molecular weight excluding hydrogens is 208 g/mol. The maximum atomic E-state index is 11.4. The minimum atomic E-state index is 0.0817. The third-order valence-corrected chi connectivity index (χ3v) is 2.66. The van der Waals surface area contributed by atoms with E-state index in [9.17, 15) is 4.79 Å². The standard InChI is InChI=1S/C11H16N2OS/c1-3-10(13-11(14)8-15-2)9-5-4-6-12-7-9/h4-7,10H,3,8H2,1-2H3,(H,13,14). The Labute approximate surface area is 94.7 Å². The zero-order valence-corrected chi connectivity index (χ0v) is 9.88. The molecule has 82 valence electrons. The molecule has 1 heterocycles. The van der Waals surface area contributed by atoms with Crippen LogP contribution in [0.3, 0.4) is 0 Å². The van der Waals surface area contributed by atoms with Crippen molar-refractivity contribution >= 4 is 17.7 Å². The van der Waals surface area contributed by atoms with Crippen molar-refractivity contribution in [3.8, 4) is 0 Å². The van der Waals surface area contributed by atoms with Gasteiger partial charge in [0.05, 0.1) is 11.8 Å². The van der Waals surface area contributed by atoms with Crippen LogP contribution in [0.5, 0.6) is 0 Å². The molecule has 0 fully saturated rings. The van der Waals surface area contributed by atoms with E-state index in [1.165, 1.54) is 11.8 Å². The van der Waals surface area contributed by atoms with Crippen molar-refractivity contribution in [2.45, 2.75) is 19.4 Å². The molecule has 1 unspecified atom stereocenters. The van der Waals surface area contributed by atoms with Gasteiger partial charge in [-0.2, -0.15) is 11.8 Å². The van der Waals surface area contributed by atoms with E-state index in [1.807, 2.05) is 18.4 Å². The summed E-state index contributed by atoms with van der Waals surface area (Å²) in [6.07, 6.45) is 6.34. The average molecular weight is 224 g/mol. The first-order valence-electron chi connectivity index (χ1n) is 4.96. The minimum Gasteiger partial charge on any atom is -0.349 e. The van der Waals surface area contributed by atoms with Gasteiger partial charge in [0.15, 0.2) is 0 Å². The third-order valence-electron chi connectivity index (χ3n) is 2.11. The zero-order chi connectivity index (χ0) is 11.1. The molecule has 0 saturated carbocycles. The molecule has 15 heavy (non-hydrogen) atoms. The number of rotatable bonds is 5. The summed E-state index contributed by atoms with van der Waals surface area (Å²) in [6.45, 7) is 2.05. The van der Waals surface area contributed by atoms with Crippen LogP contribution in [-0.2, 0) is 4.79 Å². The van der Waals surface area contributed by atoms with Gasteiger partial charge in [-0.15, -0.1) is 0 Å². The fourth-order valence-electron chi connectivity index (χ4n) is 1.37. The molecule has 0 radical (unpaired) electrons. The highest BCUT2D eigenvalue weighted by molar-refractivity contribution is 7.99. The fourth-order valence-corrected chi connectivity index (χ4v) is 1.72. The molecule has 0 aromatic carbocycles. The number of thioether (sulfide) groups is 1. The van der Waals surface area contributed by atoms with Crippen molar-refractivity contribution < 1.29 is 4.79 Å². The Morgan fingerprint density at radius 1 is 1.67 bits per heavy atom. The topological polar surface area (TPSA) is 42.0 Å². The number of hydrogen-bond donors (Lipinski definition) is 1. The molecule has 1 rings (SSSR count). The zero-order valence-electron chi connectivity index (χ0n) is 9.06. The lowest BCUT2D eigenvalue weighted by Gasteiger charge is -2.16. The first-order chi connectivity index (χ1) is 7.27. The maximum absolute atomic E-state index is 11.4. The van der Waals surface area contributed by atoms with Gasteiger partial charge in [-0.3, -0.25) is 9.78 Å². The summed E-state index contributed by atoms with van der Waals surface area (Å²) < 4.78 is 0. The number of nitrogens with zero attached hydrogens (tertiary/aromatic N) is 1. The third kappa shape index (κ3) is 3.91. The van der Waals surface area contributed by atoms with E-state index in [2.05, 4.69) is 17.2 Å². The van der Waals surface area contributed by atoms with Gasteiger partial charge in [0.2, 0.25) is 5.91 Å². The van der Waals surface area contributed by atoms with E-state index in [0.29, 0.717) is 5.75 Å². The van der Waals surface area contributed by atoms with E-state index in [1.54, 1.807) is 12.4 Å². The number of carbonyl (C=O) groups excluding carboxylic acids is 1. The summed E-state index contributed by atoms with van der Waals surface area (Å²) >= 11 is 1.53. The number of hydrogen-bond acceptors (Lipinski definition) is 3. The van der Waals surface area contributed by atoms with Gasteiger partial charge in [0.1, 0.15) is 0 Å². The predicted molar refractivity (Wildman–Crippen MR) is 63.8 cm³/mol. The van der Waals surface area contributed by atoms with Crippen molar-refractivity contribution in [3.63, 3.8) is 0 Å². The van der Waals surface area contributed by atoms with Crippen LogP contribution in [0.25, 0.3) is 0 Å². The van der Waals surface area contributed by atoms with Crippen molar-refractivity contribution in [2.24, 2.45) is 0 Å². The Bertz CT molecular complexity index is 303. The van der Waals surface area contributed by atoms with Gasteiger partial charge in [-0.25, -0.2) is 0 Å². The van der Waals surface area contributed by atoms with E-state index in [0.717, 1.165) is 12.0 Å².